The maximum atomic E-state index is 6.14. The SMILES string of the molecule is Nc1nc(CN2CCN(c3ccc4nnc(C5CC5)n4n3)CC2)nc2ccccc12. The first kappa shape index (κ1) is 17.5. The molecule has 6 rings (SSSR count). The van der Waals surface area contributed by atoms with Gasteiger partial charge in [0.25, 0.3) is 0 Å². The maximum absolute atomic E-state index is 6.14. The maximum Gasteiger partial charge on any atom is 0.178 e. The molecule has 1 aliphatic heterocycles. The second kappa shape index (κ2) is 6.88. The number of rotatable bonds is 4. The molecule has 0 atom stereocenters. The van der Waals surface area contributed by atoms with Gasteiger partial charge < -0.3 is 10.6 Å². The summed E-state index contributed by atoms with van der Waals surface area (Å²) in [5, 5.41) is 14.3. The van der Waals surface area contributed by atoms with Crippen molar-refractivity contribution in [3.8, 4) is 0 Å². The summed E-state index contributed by atoms with van der Waals surface area (Å²) < 4.78 is 1.92. The van der Waals surface area contributed by atoms with Crippen LogP contribution in [0.2, 0.25) is 0 Å². The summed E-state index contributed by atoms with van der Waals surface area (Å²) in [7, 11) is 0. The molecule has 2 aliphatic rings. The molecule has 1 aromatic carbocycles. The number of hydrogen-bond acceptors (Lipinski definition) is 8. The number of nitrogen functional groups attached to an aromatic ring is 1. The van der Waals surface area contributed by atoms with Gasteiger partial charge in [0, 0.05) is 37.5 Å². The number of nitrogens with two attached hydrogens (primary N) is 1. The van der Waals surface area contributed by atoms with Crippen LogP contribution in [-0.2, 0) is 6.54 Å². The van der Waals surface area contributed by atoms with Gasteiger partial charge in [0.05, 0.1) is 12.1 Å². The van der Waals surface area contributed by atoms with E-state index in [9.17, 15) is 0 Å². The molecule has 9 heteroatoms. The van der Waals surface area contributed by atoms with Crippen molar-refractivity contribution in [2.75, 3.05) is 36.8 Å². The second-order valence-corrected chi connectivity index (χ2v) is 8.10. The van der Waals surface area contributed by atoms with Gasteiger partial charge in [-0.3, -0.25) is 4.90 Å². The largest absolute Gasteiger partial charge is 0.383 e. The highest BCUT2D eigenvalue weighted by Gasteiger charge is 2.29. The number of anilines is 2. The monoisotopic (exact) mass is 401 g/mol. The molecule has 1 aliphatic carbocycles. The van der Waals surface area contributed by atoms with Gasteiger partial charge >= 0.3 is 0 Å². The standard InChI is InChI=1S/C21H23N9/c22-20-15-3-1-2-4-16(15)23-17(24-20)13-28-9-11-29(12-10-28)19-8-7-18-25-26-21(14-5-6-14)30(18)27-19/h1-4,7-8,14H,5-6,9-13H2,(H2,22,23,24). The Kier molecular flexibility index (Phi) is 4.02. The van der Waals surface area contributed by atoms with E-state index >= 15 is 0 Å². The van der Waals surface area contributed by atoms with Crippen molar-refractivity contribution < 1.29 is 0 Å². The van der Waals surface area contributed by atoms with E-state index in [-0.39, 0.29) is 0 Å². The third-order valence-electron chi connectivity index (χ3n) is 5.96. The molecule has 1 saturated heterocycles. The van der Waals surface area contributed by atoms with Gasteiger partial charge in [0.15, 0.2) is 11.5 Å². The molecule has 2 N–H and O–H groups in total. The lowest BCUT2D eigenvalue weighted by Crippen LogP contribution is -2.46. The van der Waals surface area contributed by atoms with Crippen molar-refractivity contribution in [1.82, 2.24) is 34.7 Å². The Balaban J connectivity index is 1.16. The first-order chi connectivity index (χ1) is 14.7. The normalized spacial score (nSPS) is 17.8. The molecule has 0 amide bonds. The lowest BCUT2D eigenvalue weighted by atomic mass is 10.2. The fraction of sp³-hybridized carbons (Fsp3) is 0.381. The number of nitrogens with zero attached hydrogens (tertiary/aromatic N) is 8. The number of aromatic nitrogens is 6. The molecule has 2 fully saturated rings. The topological polar surface area (TPSA) is 101 Å². The molecule has 0 bridgehead atoms. The molecule has 30 heavy (non-hydrogen) atoms. The van der Waals surface area contributed by atoms with Gasteiger partial charge in [-0.15, -0.1) is 15.3 Å². The second-order valence-electron chi connectivity index (χ2n) is 8.10. The van der Waals surface area contributed by atoms with Crippen molar-refractivity contribution in [2.45, 2.75) is 25.3 Å². The molecular formula is C21H23N9. The Morgan fingerprint density at radius 1 is 0.933 bits per heavy atom. The first-order valence-electron chi connectivity index (χ1n) is 10.5. The summed E-state index contributed by atoms with van der Waals surface area (Å²) in [5.74, 6) is 3.82. The van der Waals surface area contributed by atoms with E-state index in [1.807, 2.05) is 40.9 Å². The van der Waals surface area contributed by atoms with E-state index in [0.717, 1.165) is 60.2 Å². The van der Waals surface area contributed by atoms with Gasteiger partial charge in [0.1, 0.15) is 17.5 Å². The molecular weight excluding hydrogens is 378 g/mol. The average Bonchev–Trinajstić information content (AvgIpc) is 3.53. The van der Waals surface area contributed by atoms with Crippen LogP contribution in [-0.4, -0.2) is 60.9 Å². The van der Waals surface area contributed by atoms with E-state index in [0.29, 0.717) is 18.3 Å². The zero-order valence-corrected chi connectivity index (χ0v) is 16.6. The van der Waals surface area contributed by atoms with Crippen LogP contribution in [0.1, 0.15) is 30.4 Å². The molecule has 0 unspecified atom stereocenters. The number of hydrogen-bond donors (Lipinski definition) is 1. The molecule has 9 nitrogen and oxygen atoms in total. The first-order valence-corrected chi connectivity index (χ1v) is 10.5. The summed E-state index contributed by atoms with van der Waals surface area (Å²) in [6.07, 6.45) is 2.37. The molecule has 4 heterocycles. The molecule has 0 radical (unpaired) electrons. The number of para-hydroxylation sites is 1. The van der Waals surface area contributed by atoms with Gasteiger partial charge in [-0.2, -0.15) is 4.52 Å². The number of piperazine rings is 1. The highest BCUT2D eigenvalue weighted by Crippen LogP contribution is 2.38. The van der Waals surface area contributed by atoms with E-state index in [1.54, 1.807) is 0 Å². The van der Waals surface area contributed by atoms with Crippen LogP contribution in [0.3, 0.4) is 0 Å². The number of benzene rings is 1. The highest BCUT2D eigenvalue weighted by atomic mass is 15.4. The van der Waals surface area contributed by atoms with Crippen LogP contribution in [0, 0.1) is 0 Å². The smallest absolute Gasteiger partial charge is 0.178 e. The quantitative estimate of drug-likeness (QED) is 0.553. The van der Waals surface area contributed by atoms with Crippen LogP contribution in [0.5, 0.6) is 0 Å². The lowest BCUT2D eigenvalue weighted by molar-refractivity contribution is 0.243. The predicted molar refractivity (Wildman–Crippen MR) is 114 cm³/mol. The van der Waals surface area contributed by atoms with Crippen molar-refractivity contribution in [1.29, 1.82) is 0 Å². The zero-order valence-electron chi connectivity index (χ0n) is 16.6. The Morgan fingerprint density at radius 3 is 2.60 bits per heavy atom. The van der Waals surface area contributed by atoms with Gasteiger partial charge in [0.2, 0.25) is 0 Å². The molecule has 0 spiro atoms. The fourth-order valence-electron chi connectivity index (χ4n) is 4.12. The van der Waals surface area contributed by atoms with Gasteiger partial charge in [-0.25, -0.2) is 9.97 Å². The Hall–Kier alpha value is -3.33. The van der Waals surface area contributed by atoms with Crippen LogP contribution in [0.25, 0.3) is 16.6 Å². The van der Waals surface area contributed by atoms with E-state index < -0.39 is 0 Å². The third-order valence-corrected chi connectivity index (χ3v) is 5.96. The minimum Gasteiger partial charge on any atom is -0.383 e. The summed E-state index contributed by atoms with van der Waals surface area (Å²) in [6.45, 7) is 4.36. The Labute approximate surface area is 173 Å². The van der Waals surface area contributed by atoms with E-state index in [4.69, 9.17) is 15.8 Å². The fourth-order valence-corrected chi connectivity index (χ4v) is 4.12. The molecule has 4 aromatic rings. The van der Waals surface area contributed by atoms with Crippen molar-refractivity contribution in [3.05, 3.63) is 48.0 Å². The minimum atomic E-state index is 0.522. The van der Waals surface area contributed by atoms with Crippen LogP contribution in [0.15, 0.2) is 36.4 Å². The number of fused-ring (bicyclic) bond motifs is 2. The van der Waals surface area contributed by atoms with Crippen molar-refractivity contribution in [3.63, 3.8) is 0 Å². The van der Waals surface area contributed by atoms with E-state index in [1.165, 1.54) is 12.8 Å². The predicted octanol–water partition coefficient (Wildman–Crippen LogP) is 1.85. The summed E-state index contributed by atoms with van der Waals surface area (Å²) in [4.78, 5) is 13.9. The average molecular weight is 401 g/mol. The zero-order chi connectivity index (χ0) is 20.1. The Bertz CT molecular complexity index is 1220. The van der Waals surface area contributed by atoms with Gasteiger partial charge in [-0.05, 0) is 37.1 Å². The highest BCUT2D eigenvalue weighted by molar-refractivity contribution is 5.87. The van der Waals surface area contributed by atoms with Crippen molar-refractivity contribution in [2.24, 2.45) is 0 Å². The molecule has 1 saturated carbocycles. The summed E-state index contributed by atoms with van der Waals surface area (Å²) >= 11 is 0. The van der Waals surface area contributed by atoms with E-state index in [2.05, 4.69) is 25.0 Å². The lowest BCUT2D eigenvalue weighted by Gasteiger charge is -2.34. The summed E-state index contributed by atoms with van der Waals surface area (Å²) in [6, 6.07) is 11.9. The third kappa shape index (κ3) is 3.11. The molecule has 3 aromatic heterocycles. The summed E-state index contributed by atoms with van der Waals surface area (Å²) in [5.41, 5.74) is 7.86. The minimum absolute atomic E-state index is 0.522. The Morgan fingerprint density at radius 2 is 1.77 bits per heavy atom. The van der Waals surface area contributed by atoms with Crippen LogP contribution >= 0.6 is 0 Å². The van der Waals surface area contributed by atoms with Crippen LogP contribution in [0.4, 0.5) is 11.6 Å². The van der Waals surface area contributed by atoms with Crippen LogP contribution < -0.4 is 10.6 Å². The van der Waals surface area contributed by atoms with Crippen molar-refractivity contribution >= 4 is 28.2 Å². The molecule has 152 valence electrons. The van der Waals surface area contributed by atoms with Gasteiger partial charge in [-0.1, -0.05) is 12.1 Å².